The van der Waals surface area contributed by atoms with Gasteiger partial charge in [-0.15, -0.1) is 0 Å². The number of carbonyl (C=O) groups is 2. The first-order valence-corrected chi connectivity index (χ1v) is 5.89. The van der Waals surface area contributed by atoms with Crippen molar-refractivity contribution < 1.29 is 18.4 Å². The molecule has 1 aromatic heterocycles. The Balaban J connectivity index is 2.22. The van der Waals surface area contributed by atoms with Crippen molar-refractivity contribution in [1.82, 2.24) is 5.32 Å². The van der Waals surface area contributed by atoms with Crippen molar-refractivity contribution in [2.24, 2.45) is 5.73 Å². The normalized spacial score (nSPS) is 11.9. The molecule has 0 saturated heterocycles. The van der Waals surface area contributed by atoms with Gasteiger partial charge in [-0.2, -0.15) is 0 Å². The Kier molecular flexibility index (Phi) is 3.84. The summed E-state index contributed by atoms with van der Waals surface area (Å²) in [5, 5.41) is 2.47. The second-order valence-corrected chi connectivity index (χ2v) is 4.29. The number of rotatable bonds is 4. The van der Waals surface area contributed by atoms with Crippen molar-refractivity contribution in [3.05, 3.63) is 59.3 Å². The lowest BCUT2D eigenvalue weighted by Gasteiger charge is -2.15. The Hall–Kier alpha value is -2.63. The van der Waals surface area contributed by atoms with Crippen molar-refractivity contribution in [2.75, 3.05) is 0 Å². The maximum atomic E-state index is 12.9. The summed E-state index contributed by atoms with van der Waals surface area (Å²) < 4.78 is 17.9. The van der Waals surface area contributed by atoms with Crippen LogP contribution in [-0.2, 0) is 4.79 Å². The number of carbonyl (C=O) groups excluding carboxylic acids is 2. The van der Waals surface area contributed by atoms with E-state index in [2.05, 4.69) is 5.32 Å². The first-order valence-electron chi connectivity index (χ1n) is 5.89. The van der Waals surface area contributed by atoms with E-state index in [0.29, 0.717) is 11.1 Å². The number of furan rings is 1. The number of nitrogens with one attached hydrogen (secondary N) is 1. The van der Waals surface area contributed by atoms with E-state index in [1.807, 2.05) is 0 Å². The maximum absolute atomic E-state index is 12.9. The molecule has 5 nitrogen and oxygen atoms in total. The van der Waals surface area contributed by atoms with Gasteiger partial charge in [0.2, 0.25) is 5.91 Å². The van der Waals surface area contributed by atoms with Crippen LogP contribution in [0.3, 0.4) is 0 Å². The predicted octanol–water partition coefficient (Wildman–Crippen LogP) is 1.68. The molecule has 1 heterocycles. The highest BCUT2D eigenvalue weighted by Crippen LogP contribution is 2.16. The molecule has 0 aliphatic carbocycles. The molecule has 3 N–H and O–H groups in total. The summed E-state index contributed by atoms with van der Waals surface area (Å²) in [4.78, 5) is 23.5. The zero-order chi connectivity index (χ0) is 14.7. The molecule has 2 aromatic rings. The molecule has 1 aromatic carbocycles. The number of aryl methyl sites for hydroxylation is 1. The minimum atomic E-state index is -1.05. The van der Waals surface area contributed by atoms with Gasteiger partial charge in [0.15, 0.2) is 5.76 Å². The molecule has 0 fully saturated rings. The summed E-state index contributed by atoms with van der Waals surface area (Å²) in [5.41, 5.74) is 6.31. The second-order valence-electron chi connectivity index (χ2n) is 4.29. The zero-order valence-electron chi connectivity index (χ0n) is 10.7. The van der Waals surface area contributed by atoms with E-state index >= 15 is 0 Å². The lowest BCUT2D eigenvalue weighted by molar-refractivity contribution is -0.120. The fraction of sp³-hybridized carbons (Fsp3) is 0.143. The summed E-state index contributed by atoms with van der Waals surface area (Å²) in [5.74, 6) is -1.63. The van der Waals surface area contributed by atoms with Crippen LogP contribution < -0.4 is 11.1 Å². The maximum Gasteiger partial charge on any atom is 0.288 e. The van der Waals surface area contributed by atoms with Crippen molar-refractivity contribution in [3.8, 4) is 0 Å². The molecule has 1 atom stereocenters. The van der Waals surface area contributed by atoms with Crippen molar-refractivity contribution >= 4 is 11.8 Å². The summed E-state index contributed by atoms with van der Waals surface area (Å²) in [6, 6.07) is 5.74. The van der Waals surface area contributed by atoms with Crippen LogP contribution >= 0.6 is 0 Å². The Morgan fingerprint density at radius 1 is 1.25 bits per heavy atom. The number of hydrogen-bond acceptors (Lipinski definition) is 3. The molecule has 6 heteroatoms. The third-order valence-electron chi connectivity index (χ3n) is 2.83. The van der Waals surface area contributed by atoms with Crippen LogP contribution in [0.5, 0.6) is 0 Å². The number of amides is 2. The number of halogens is 1. The van der Waals surface area contributed by atoms with Gasteiger partial charge in [0.05, 0.1) is 6.26 Å². The van der Waals surface area contributed by atoms with Crippen molar-refractivity contribution in [1.29, 1.82) is 0 Å². The van der Waals surface area contributed by atoms with Crippen LogP contribution in [0.1, 0.15) is 27.7 Å². The molecular weight excluding hydrogens is 263 g/mol. The molecule has 1 unspecified atom stereocenters. The largest absolute Gasteiger partial charge is 0.459 e. The highest BCUT2D eigenvalue weighted by atomic mass is 19.1. The molecule has 0 aliphatic heterocycles. The summed E-state index contributed by atoms with van der Waals surface area (Å²) in [6.45, 7) is 1.70. The molecule has 0 radical (unpaired) electrons. The Morgan fingerprint density at radius 2 is 1.90 bits per heavy atom. The summed E-state index contributed by atoms with van der Waals surface area (Å²) >= 11 is 0. The molecule has 0 aliphatic rings. The third kappa shape index (κ3) is 2.85. The minimum Gasteiger partial charge on any atom is -0.459 e. The van der Waals surface area contributed by atoms with E-state index in [9.17, 15) is 14.0 Å². The fourth-order valence-electron chi connectivity index (χ4n) is 1.78. The van der Waals surface area contributed by atoms with Crippen LogP contribution in [0, 0.1) is 12.7 Å². The second kappa shape index (κ2) is 5.56. The van der Waals surface area contributed by atoms with Crippen molar-refractivity contribution in [3.63, 3.8) is 0 Å². The molecular formula is C14H13FN2O3. The van der Waals surface area contributed by atoms with Gasteiger partial charge in [-0.25, -0.2) is 4.39 Å². The van der Waals surface area contributed by atoms with E-state index in [0.717, 1.165) is 0 Å². The Morgan fingerprint density at radius 3 is 2.40 bits per heavy atom. The fourth-order valence-corrected chi connectivity index (χ4v) is 1.78. The van der Waals surface area contributed by atoms with Gasteiger partial charge in [-0.3, -0.25) is 9.59 Å². The average Bonchev–Trinajstić information content (AvgIpc) is 2.83. The molecule has 104 valence electrons. The van der Waals surface area contributed by atoms with Gasteiger partial charge in [-0.1, -0.05) is 12.1 Å². The monoisotopic (exact) mass is 276 g/mol. The van der Waals surface area contributed by atoms with Gasteiger partial charge in [0.25, 0.3) is 5.91 Å². The van der Waals surface area contributed by atoms with Gasteiger partial charge >= 0.3 is 0 Å². The summed E-state index contributed by atoms with van der Waals surface area (Å²) in [7, 11) is 0. The Labute approximate surface area is 114 Å². The number of hydrogen-bond donors (Lipinski definition) is 2. The Bertz CT molecular complexity index is 634. The van der Waals surface area contributed by atoms with E-state index in [-0.39, 0.29) is 5.76 Å². The lowest BCUT2D eigenvalue weighted by atomic mass is 10.1. The van der Waals surface area contributed by atoms with Crippen LogP contribution in [0.4, 0.5) is 4.39 Å². The predicted molar refractivity (Wildman–Crippen MR) is 69.2 cm³/mol. The van der Waals surface area contributed by atoms with Crippen LogP contribution in [0.25, 0.3) is 0 Å². The average molecular weight is 276 g/mol. The van der Waals surface area contributed by atoms with E-state index in [1.54, 1.807) is 13.0 Å². The quantitative estimate of drug-likeness (QED) is 0.891. The first-order chi connectivity index (χ1) is 9.49. The topological polar surface area (TPSA) is 85.3 Å². The van der Waals surface area contributed by atoms with E-state index in [1.165, 1.54) is 30.5 Å². The summed E-state index contributed by atoms with van der Waals surface area (Å²) in [6.07, 6.45) is 1.38. The molecule has 2 amide bonds. The van der Waals surface area contributed by atoms with Gasteiger partial charge in [-0.05, 0) is 30.7 Å². The molecule has 20 heavy (non-hydrogen) atoms. The smallest absolute Gasteiger partial charge is 0.288 e. The van der Waals surface area contributed by atoms with Crippen LogP contribution in [-0.4, -0.2) is 11.8 Å². The lowest BCUT2D eigenvalue weighted by Crippen LogP contribution is -2.37. The SMILES string of the molecule is Cc1ccoc1C(=O)NC(C(N)=O)c1ccc(F)cc1. The highest BCUT2D eigenvalue weighted by Gasteiger charge is 2.23. The van der Waals surface area contributed by atoms with Crippen LogP contribution in [0.15, 0.2) is 41.0 Å². The van der Waals surface area contributed by atoms with Crippen LogP contribution in [0.2, 0.25) is 0 Å². The highest BCUT2D eigenvalue weighted by molar-refractivity contribution is 5.96. The first kappa shape index (κ1) is 13.8. The third-order valence-corrected chi connectivity index (χ3v) is 2.83. The number of primary amides is 1. The number of benzene rings is 1. The van der Waals surface area contributed by atoms with Crippen molar-refractivity contribution in [2.45, 2.75) is 13.0 Å². The molecule has 0 bridgehead atoms. The van der Waals surface area contributed by atoms with Gasteiger partial charge < -0.3 is 15.5 Å². The van der Waals surface area contributed by atoms with Gasteiger partial charge in [0.1, 0.15) is 11.9 Å². The zero-order valence-corrected chi connectivity index (χ0v) is 10.7. The molecule has 0 spiro atoms. The minimum absolute atomic E-state index is 0.110. The number of nitrogens with two attached hydrogens (primary N) is 1. The standard InChI is InChI=1S/C14H13FN2O3/c1-8-6-7-20-12(8)14(19)17-11(13(16)18)9-2-4-10(15)5-3-9/h2-7,11H,1H3,(H2,16,18)(H,17,19). The molecule has 0 saturated carbocycles. The van der Waals surface area contributed by atoms with Gasteiger partial charge in [0, 0.05) is 5.56 Å². The van der Waals surface area contributed by atoms with E-state index in [4.69, 9.17) is 10.2 Å². The molecule has 2 rings (SSSR count). The van der Waals surface area contributed by atoms with E-state index < -0.39 is 23.7 Å².